The summed E-state index contributed by atoms with van der Waals surface area (Å²) in [7, 11) is -9.20. The van der Waals surface area contributed by atoms with Crippen molar-refractivity contribution in [2.24, 2.45) is 0 Å². The first-order chi connectivity index (χ1) is 17.3. The molecule has 0 bridgehead atoms. The van der Waals surface area contributed by atoms with Crippen LogP contribution in [0, 0.1) is 0 Å². The van der Waals surface area contributed by atoms with Crippen LogP contribution in [0.1, 0.15) is 28.7 Å². The van der Waals surface area contributed by atoms with Crippen molar-refractivity contribution in [1.29, 1.82) is 0 Å². The molecule has 0 spiro atoms. The Kier molecular flexibility index (Phi) is 11.6. The second kappa shape index (κ2) is 14.0. The van der Waals surface area contributed by atoms with E-state index < -0.39 is 46.2 Å². The molecular weight excluding hydrogens is 518 g/mol. The van der Waals surface area contributed by atoms with Crippen LogP contribution in [-0.2, 0) is 27.0 Å². The van der Waals surface area contributed by atoms with Crippen LogP contribution < -0.4 is 0 Å². The van der Waals surface area contributed by atoms with Gasteiger partial charge in [-0.2, -0.15) is 0 Å². The summed E-state index contributed by atoms with van der Waals surface area (Å²) in [4.78, 5) is 52.4. The predicted octanol–water partition coefficient (Wildman–Crippen LogP) is 3.43. The predicted molar refractivity (Wildman–Crippen MR) is 144 cm³/mol. The maximum Gasteiger partial charge on any atom is 0.339 e. The number of hydrogen-bond acceptors (Lipinski definition) is 5. The average Bonchev–Trinajstić information content (AvgIpc) is 2.81. The molecule has 0 saturated carbocycles. The molecule has 37 heavy (non-hydrogen) atoms. The van der Waals surface area contributed by atoms with Gasteiger partial charge < -0.3 is 24.7 Å². The highest BCUT2D eigenvalue weighted by Gasteiger charge is 2.32. The van der Waals surface area contributed by atoms with Crippen molar-refractivity contribution in [3.05, 3.63) is 83.9 Å². The molecule has 0 amide bonds. The molecule has 0 saturated heterocycles. The van der Waals surface area contributed by atoms with Gasteiger partial charge in [-0.05, 0) is 28.7 Å². The van der Waals surface area contributed by atoms with Crippen molar-refractivity contribution in [2.45, 2.75) is 25.6 Å². The zero-order chi connectivity index (χ0) is 27.6. The normalized spacial score (nSPS) is 13.0. The van der Waals surface area contributed by atoms with Crippen LogP contribution in [0.3, 0.4) is 0 Å². The van der Waals surface area contributed by atoms with Gasteiger partial charge in [0, 0.05) is 26.2 Å². The first kappa shape index (κ1) is 30.8. The van der Waals surface area contributed by atoms with E-state index in [1.54, 1.807) is 12.2 Å². The van der Waals surface area contributed by atoms with Gasteiger partial charge in [-0.3, -0.25) is 23.7 Å². The molecule has 0 aliphatic heterocycles. The number of benzene rings is 2. The first-order valence-electron chi connectivity index (χ1n) is 11.5. The molecule has 202 valence electrons. The number of carbonyl (C=O) groups is 1. The fourth-order valence-electron chi connectivity index (χ4n) is 3.84. The first-order valence-corrected chi connectivity index (χ1v) is 15.1. The van der Waals surface area contributed by atoms with E-state index in [9.17, 15) is 38.6 Å². The SMILES string of the molecule is C=Cc1ccc(CN(CCC(C(=O)O)N(CCP(=O)(O)O)CP(=O)(O)O)Cc2ccc(C=C)cc2)cc1. The van der Waals surface area contributed by atoms with Gasteiger partial charge in [0.1, 0.15) is 12.3 Å². The third-order valence-electron chi connectivity index (χ3n) is 5.73. The lowest BCUT2D eigenvalue weighted by molar-refractivity contribution is -0.143. The Morgan fingerprint density at radius 2 is 1.27 bits per heavy atom. The maximum atomic E-state index is 12.1. The highest BCUT2D eigenvalue weighted by Crippen LogP contribution is 2.38. The molecule has 0 heterocycles. The minimum absolute atomic E-state index is 0.0219. The average molecular weight is 553 g/mol. The fourth-order valence-corrected chi connectivity index (χ4v) is 5.17. The summed E-state index contributed by atoms with van der Waals surface area (Å²) >= 11 is 0. The van der Waals surface area contributed by atoms with Crippen LogP contribution in [0.15, 0.2) is 61.7 Å². The van der Waals surface area contributed by atoms with E-state index in [0.717, 1.165) is 27.2 Å². The molecule has 1 atom stereocenters. The second-order valence-electron chi connectivity index (χ2n) is 8.75. The van der Waals surface area contributed by atoms with E-state index in [-0.39, 0.29) is 13.0 Å². The van der Waals surface area contributed by atoms with Gasteiger partial charge in [-0.1, -0.05) is 73.8 Å². The van der Waals surface area contributed by atoms with E-state index in [1.807, 2.05) is 53.4 Å². The summed E-state index contributed by atoms with van der Waals surface area (Å²) in [6.45, 7) is 8.23. The molecule has 12 heteroatoms. The molecule has 2 rings (SSSR count). The molecule has 0 aliphatic carbocycles. The van der Waals surface area contributed by atoms with Gasteiger partial charge in [-0.15, -0.1) is 0 Å². The molecular formula is C25H34N2O8P2. The van der Waals surface area contributed by atoms with Crippen LogP contribution in [-0.4, -0.2) is 72.0 Å². The lowest BCUT2D eigenvalue weighted by atomic mass is 10.1. The largest absolute Gasteiger partial charge is 0.480 e. The number of aliphatic carboxylic acids is 1. The molecule has 0 aliphatic rings. The number of carboxylic acids is 1. The van der Waals surface area contributed by atoms with E-state index in [4.69, 9.17) is 0 Å². The van der Waals surface area contributed by atoms with Gasteiger partial charge >= 0.3 is 21.2 Å². The Balaban J connectivity index is 2.26. The molecule has 1 unspecified atom stereocenters. The minimum atomic E-state index is -4.69. The standard InChI is InChI=1S/C25H34N2O8P2/c1-3-20-5-9-22(10-6-20)17-26(18-23-11-7-21(4-2)8-12-23)14-13-24(25(28)29)27(19-37(33,34)35)15-16-36(30,31)32/h3-12,24H,1-2,13-19H2,(H,28,29)(H2,30,31,32)(H2,33,34,35). The minimum Gasteiger partial charge on any atom is -0.480 e. The van der Waals surface area contributed by atoms with Crippen LogP contribution in [0.25, 0.3) is 12.2 Å². The monoisotopic (exact) mass is 552 g/mol. The molecule has 10 nitrogen and oxygen atoms in total. The Morgan fingerprint density at radius 3 is 1.62 bits per heavy atom. The van der Waals surface area contributed by atoms with Crippen molar-refractivity contribution in [3.8, 4) is 0 Å². The zero-order valence-electron chi connectivity index (χ0n) is 20.5. The Hall–Kier alpha value is -2.39. The van der Waals surface area contributed by atoms with Gasteiger partial charge in [0.15, 0.2) is 0 Å². The number of nitrogens with zero attached hydrogens (tertiary/aromatic N) is 2. The Bertz CT molecular complexity index is 1090. The van der Waals surface area contributed by atoms with Crippen molar-refractivity contribution >= 4 is 33.3 Å². The lowest BCUT2D eigenvalue weighted by Crippen LogP contribution is -2.45. The lowest BCUT2D eigenvalue weighted by Gasteiger charge is -2.31. The van der Waals surface area contributed by atoms with Gasteiger partial charge in [-0.25, -0.2) is 0 Å². The van der Waals surface area contributed by atoms with E-state index in [2.05, 4.69) is 13.2 Å². The maximum absolute atomic E-state index is 12.1. The summed E-state index contributed by atoms with van der Waals surface area (Å²) in [6, 6.07) is 14.1. The molecule has 2 aromatic rings. The molecule has 0 radical (unpaired) electrons. The van der Waals surface area contributed by atoms with Gasteiger partial charge in [0.05, 0.1) is 6.16 Å². The van der Waals surface area contributed by atoms with E-state index in [1.165, 1.54) is 0 Å². The fraction of sp³-hybridized carbons (Fsp3) is 0.320. The van der Waals surface area contributed by atoms with Crippen LogP contribution in [0.5, 0.6) is 0 Å². The Morgan fingerprint density at radius 1 is 0.811 bits per heavy atom. The molecule has 2 aromatic carbocycles. The molecule has 0 aromatic heterocycles. The third-order valence-corrected chi connectivity index (χ3v) is 7.25. The summed E-state index contributed by atoms with van der Waals surface area (Å²) in [5, 5.41) is 9.85. The summed E-state index contributed by atoms with van der Waals surface area (Å²) < 4.78 is 23.0. The third kappa shape index (κ3) is 11.7. The second-order valence-corrected chi connectivity index (χ2v) is 12.1. The number of rotatable bonds is 16. The summed E-state index contributed by atoms with van der Waals surface area (Å²) in [5.41, 5.74) is 3.88. The molecule has 5 N–H and O–H groups in total. The number of carboxylic acid groups (broad SMARTS) is 1. The smallest absolute Gasteiger partial charge is 0.339 e. The number of hydrogen-bond donors (Lipinski definition) is 5. The van der Waals surface area contributed by atoms with Crippen LogP contribution in [0.4, 0.5) is 0 Å². The highest BCUT2D eigenvalue weighted by molar-refractivity contribution is 7.52. The van der Waals surface area contributed by atoms with E-state index >= 15 is 0 Å². The topological polar surface area (TPSA) is 159 Å². The van der Waals surface area contributed by atoms with Crippen LogP contribution in [0.2, 0.25) is 0 Å². The van der Waals surface area contributed by atoms with Crippen molar-refractivity contribution < 1.29 is 38.6 Å². The Labute approximate surface area is 216 Å². The van der Waals surface area contributed by atoms with Crippen molar-refractivity contribution in [2.75, 3.05) is 25.5 Å². The van der Waals surface area contributed by atoms with Gasteiger partial charge in [0.2, 0.25) is 0 Å². The molecule has 0 fully saturated rings. The zero-order valence-corrected chi connectivity index (χ0v) is 22.3. The summed E-state index contributed by atoms with van der Waals surface area (Å²) in [5.74, 6) is -1.33. The van der Waals surface area contributed by atoms with Crippen molar-refractivity contribution in [1.82, 2.24) is 9.80 Å². The quantitative estimate of drug-likeness (QED) is 0.195. The van der Waals surface area contributed by atoms with E-state index in [0.29, 0.717) is 13.1 Å². The van der Waals surface area contributed by atoms with Crippen LogP contribution >= 0.6 is 15.2 Å². The highest BCUT2D eigenvalue weighted by atomic mass is 31.2. The summed E-state index contributed by atoms with van der Waals surface area (Å²) in [6.07, 6.45) is 1.80. The van der Waals surface area contributed by atoms with Crippen molar-refractivity contribution in [3.63, 3.8) is 0 Å². The van der Waals surface area contributed by atoms with Gasteiger partial charge in [0.25, 0.3) is 0 Å².